The summed E-state index contributed by atoms with van der Waals surface area (Å²) in [6, 6.07) is 8.61. The zero-order valence-electron chi connectivity index (χ0n) is 14.9. The summed E-state index contributed by atoms with van der Waals surface area (Å²) in [7, 11) is 0. The molecule has 0 heterocycles. The first-order chi connectivity index (χ1) is 10.1. The summed E-state index contributed by atoms with van der Waals surface area (Å²) in [6.45, 7) is 12.3. The molecule has 21 heavy (non-hydrogen) atoms. The monoisotopic (exact) mass is 290 g/mol. The van der Waals surface area contributed by atoms with Crippen LogP contribution in [0.4, 0.5) is 0 Å². The predicted octanol–water partition coefficient (Wildman–Crippen LogP) is 6.30. The minimum Gasteiger partial charge on any atom is -0.295 e. The lowest BCUT2D eigenvalue weighted by atomic mass is 10.1. The van der Waals surface area contributed by atoms with Crippen LogP contribution in [0.3, 0.4) is 0 Å². The van der Waals surface area contributed by atoms with Crippen molar-refractivity contribution in [2.24, 2.45) is 0 Å². The molecule has 0 amide bonds. The summed E-state index contributed by atoms with van der Waals surface area (Å²) in [5, 5.41) is 0. The van der Waals surface area contributed by atoms with Crippen molar-refractivity contribution in [3.63, 3.8) is 0 Å². The molecule has 0 spiro atoms. The zero-order chi connectivity index (χ0) is 16.5. The Kier molecular flexibility index (Phi) is 17.4. The van der Waals surface area contributed by atoms with Gasteiger partial charge in [-0.2, -0.15) is 0 Å². The van der Waals surface area contributed by atoms with Crippen molar-refractivity contribution in [3.05, 3.63) is 47.5 Å². The zero-order valence-corrected chi connectivity index (χ0v) is 14.9. The topological polar surface area (TPSA) is 17.1 Å². The van der Waals surface area contributed by atoms with E-state index >= 15 is 0 Å². The maximum Gasteiger partial charge on any atom is 0.155 e. The molecule has 0 saturated carbocycles. The summed E-state index contributed by atoms with van der Waals surface area (Å²) in [5.74, 6) is 0.233. The molecule has 1 nitrogen and oxygen atoms in total. The Morgan fingerprint density at radius 1 is 1.14 bits per heavy atom. The number of allylic oxidation sites excluding steroid dienone is 2. The van der Waals surface area contributed by atoms with E-state index in [9.17, 15) is 4.79 Å². The molecular weight excluding hydrogens is 256 g/mol. The highest BCUT2D eigenvalue weighted by Gasteiger charge is 1.87. The van der Waals surface area contributed by atoms with E-state index in [2.05, 4.69) is 45.0 Å². The molecule has 0 radical (unpaired) electrons. The normalized spacial score (nSPS) is 9.43. The van der Waals surface area contributed by atoms with Crippen LogP contribution in [0.2, 0.25) is 0 Å². The van der Waals surface area contributed by atoms with Crippen LogP contribution in [0.1, 0.15) is 71.4 Å². The Morgan fingerprint density at radius 2 is 1.81 bits per heavy atom. The van der Waals surface area contributed by atoms with Crippen molar-refractivity contribution in [2.75, 3.05) is 0 Å². The van der Waals surface area contributed by atoms with Gasteiger partial charge in [0.1, 0.15) is 0 Å². The van der Waals surface area contributed by atoms with E-state index in [1.54, 1.807) is 6.08 Å². The average molecular weight is 290 g/mol. The Hall–Kier alpha value is -1.37. The quantitative estimate of drug-likeness (QED) is 0.444. The van der Waals surface area contributed by atoms with Crippen molar-refractivity contribution in [2.45, 2.75) is 73.6 Å². The molecule has 1 rings (SSSR count). The number of hydrogen-bond acceptors (Lipinski definition) is 1. The van der Waals surface area contributed by atoms with E-state index < -0.39 is 0 Å². The van der Waals surface area contributed by atoms with E-state index in [0.29, 0.717) is 6.42 Å². The minimum atomic E-state index is 0.233. The highest BCUT2D eigenvalue weighted by atomic mass is 16.1. The third-order valence-corrected chi connectivity index (χ3v) is 2.87. The maximum atomic E-state index is 10.7. The lowest BCUT2D eigenvalue weighted by Gasteiger charge is -1.95. The molecule has 0 aromatic heterocycles. The summed E-state index contributed by atoms with van der Waals surface area (Å²) < 4.78 is 0. The Bertz CT molecular complexity index is 377. The number of hydrogen-bond donors (Lipinski definition) is 0. The van der Waals surface area contributed by atoms with Gasteiger partial charge in [0.05, 0.1) is 0 Å². The van der Waals surface area contributed by atoms with Gasteiger partial charge < -0.3 is 0 Å². The van der Waals surface area contributed by atoms with Gasteiger partial charge in [0.2, 0.25) is 0 Å². The molecule has 1 heteroatoms. The van der Waals surface area contributed by atoms with E-state index in [1.807, 2.05) is 26.8 Å². The number of carbonyl (C=O) groups is 1. The first-order valence-electron chi connectivity index (χ1n) is 8.38. The minimum absolute atomic E-state index is 0.233. The Balaban J connectivity index is 0. The molecule has 0 atom stereocenters. The summed E-state index contributed by atoms with van der Waals surface area (Å²) in [6.07, 6.45) is 8.86. The molecule has 1 aromatic carbocycles. The Morgan fingerprint density at radius 3 is 2.24 bits per heavy atom. The number of rotatable bonds is 6. The number of benzene rings is 1. The van der Waals surface area contributed by atoms with Crippen LogP contribution in [-0.4, -0.2) is 5.78 Å². The van der Waals surface area contributed by atoms with Gasteiger partial charge >= 0.3 is 0 Å². The molecule has 0 aliphatic carbocycles. The summed E-state index contributed by atoms with van der Waals surface area (Å²) in [5.41, 5.74) is 2.78. The third kappa shape index (κ3) is 14.8. The van der Waals surface area contributed by atoms with Crippen LogP contribution < -0.4 is 0 Å². The number of unbranched alkanes of at least 4 members (excludes halogenated alkanes) is 2. The van der Waals surface area contributed by atoms with Gasteiger partial charge in [0.25, 0.3) is 0 Å². The van der Waals surface area contributed by atoms with E-state index in [1.165, 1.54) is 24.0 Å². The van der Waals surface area contributed by atoms with Crippen molar-refractivity contribution in [1.29, 1.82) is 0 Å². The molecule has 0 saturated heterocycles. The maximum absolute atomic E-state index is 10.7. The molecule has 0 fully saturated rings. The molecule has 0 N–H and O–H groups in total. The number of carbonyl (C=O) groups excluding carboxylic acids is 1. The van der Waals surface area contributed by atoms with Crippen molar-refractivity contribution < 1.29 is 4.79 Å². The van der Waals surface area contributed by atoms with Gasteiger partial charge in [-0.1, -0.05) is 83.4 Å². The van der Waals surface area contributed by atoms with Crippen LogP contribution in [0.25, 0.3) is 0 Å². The van der Waals surface area contributed by atoms with Crippen molar-refractivity contribution >= 4 is 5.78 Å². The van der Waals surface area contributed by atoms with E-state index in [-0.39, 0.29) is 5.78 Å². The first-order valence-corrected chi connectivity index (χ1v) is 8.38. The van der Waals surface area contributed by atoms with E-state index in [0.717, 1.165) is 12.8 Å². The van der Waals surface area contributed by atoms with Crippen molar-refractivity contribution in [3.8, 4) is 0 Å². The molecule has 0 aliphatic heterocycles. The third-order valence-electron chi connectivity index (χ3n) is 2.87. The fraction of sp³-hybridized carbons (Fsp3) is 0.550. The van der Waals surface area contributed by atoms with E-state index in [4.69, 9.17) is 0 Å². The van der Waals surface area contributed by atoms with Gasteiger partial charge in [-0.25, -0.2) is 0 Å². The highest BCUT2D eigenvalue weighted by molar-refractivity contribution is 5.89. The molecule has 0 aliphatic rings. The molecule has 0 bridgehead atoms. The molecule has 1 aromatic rings. The predicted molar refractivity (Wildman–Crippen MR) is 95.9 cm³/mol. The second-order valence-corrected chi connectivity index (χ2v) is 4.71. The van der Waals surface area contributed by atoms with Crippen LogP contribution in [0, 0.1) is 6.92 Å². The van der Waals surface area contributed by atoms with Gasteiger partial charge in [-0.3, -0.25) is 4.79 Å². The van der Waals surface area contributed by atoms with Crippen LogP contribution in [0.5, 0.6) is 0 Å². The smallest absolute Gasteiger partial charge is 0.155 e. The van der Waals surface area contributed by atoms with Gasteiger partial charge in [0.15, 0.2) is 5.78 Å². The number of aryl methyl sites for hydroxylation is 2. The lowest BCUT2D eigenvalue weighted by molar-refractivity contribution is -0.114. The van der Waals surface area contributed by atoms with Gasteiger partial charge in [0, 0.05) is 6.42 Å². The summed E-state index contributed by atoms with van der Waals surface area (Å²) in [4.78, 5) is 10.7. The van der Waals surface area contributed by atoms with Crippen molar-refractivity contribution in [1.82, 2.24) is 0 Å². The first kappa shape index (κ1) is 21.9. The number of ketones is 1. The summed E-state index contributed by atoms with van der Waals surface area (Å²) >= 11 is 0. The SMILES string of the molecule is CC.CCCC/C=C\C(=O)CC.CCc1cccc(C)c1. The second-order valence-electron chi connectivity index (χ2n) is 4.71. The lowest BCUT2D eigenvalue weighted by Crippen LogP contribution is -1.86. The molecule has 120 valence electrons. The average Bonchev–Trinajstić information content (AvgIpc) is 2.53. The fourth-order valence-electron chi connectivity index (χ4n) is 1.59. The van der Waals surface area contributed by atoms with Crippen LogP contribution in [-0.2, 0) is 11.2 Å². The molecular formula is C20H34O. The second kappa shape index (κ2) is 16.7. The van der Waals surface area contributed by atoms with Gasteiger partial charge in [-0.05, 0) is 31.4 Å². The Labute approximate surface area is 132 Å². The van der Waals surface area contributed by atoms with Crippen LogP contribution >= 0.6 is 0 Å². The largest absolute Gasteiger partial charge is 0.295 e. The highest BCUT2D eigenvalue weighted by Crippen LogP contribution is 2.03. The van der Waals surface area contributed by atoms with Crippen LogP contribution in [0.15, 0.2) is 36.4 Å². The fourth-order valence-corrected chi connectivity index (χ4v) is 1.59. The molecule has 0 unspecified atom stereocenters. The standard InChI is InChI=1S/C9H16O.C9H12.C2H6/c1-3-5-6-7-8-9(10)4-2;1-3-9-6-4-5-8(2)7-9;1-2/h7-8H,3-6H2,1-2H3;4-7H,3H2,1-2H3;1-2H3/b8-7-;;. The van der Waals surface area contributed by atoms with Gasteiger partial charge in [-0.15, -0.1) is 0 Å².